The van der Waals surface area contributed by atoms with Crippen LogP contribution in [-0.2, 0) is 6.42 Å². The summed E-state index contributed by atoms with van der Waals surface area (Å²) < 4.78 is 0. The molecule has 0 spiro atoms. The average molecular weight is 214 g/mol. The quantitative estimate of drug-likeness (QED) is 0.617. The van der Waals surface area contributed by atoms with Crippen LogP contribution in [0.3, 0.4) is 0 Å². The van der Waals surface area contributed by atoms with Gasteiger partial charge in [0.1, 0.15) is 0 Å². The molecule has 0 radical (unpaired) electrons. The van der Waals surface area contributed by atoms with E-state index in [-0.39, 0.29) is 0 Å². The number of hydrogen-bond donors (Lipinski definition) is 0. The van der Waals surface area contributed by atoms with Crippen LogP contribution < -0.4 is 0 Å². The second-order valence-electron chi connectivity index (χ2n) is 4.97. The Balaban J connectivity index is 2.42. The van der Waals surface area contributed by atoms with Crippen molar-refractivity contribution in [3.63, 3.8) is 0 Å². The van der Waals surface area contributed by atoms with Crippen molar-refractivity contribution in [3.05, 3.63) is 47.5 Å². The Morgan fingerprint density at radius 1 is 1.44 bits per heavy atom. The van der Waals surface area contributed by atoms with Gasteiger partial charge in [-0.3, -0.25) is 0 Å². The Bertz CT molecular complexity index is 372. The van der Waals surface area contributed by atoms with E-state index < -0.39 is 0 Å². The summed E-state index contributed by atoms with van der Waals surface area (Å²) >= 11 is 0. The van der Waals surface area contributed by atoms with Gasteiger partial charge >= 0.3 is 0 Å². The maximum atomic E-state index is 3.93. The molecule has 1 aliphatic carbocycles. The van der Waals surface area contributed by atoms with Gasteiger partial charge in [-0.05, 0) is 47.8 Å². The van der Waals surface area contributed by atoms with Gasteiger partial charge in [-0.2, -0.15) is 0 Å². The van der Waals surface area contributed by atoms with E-state index in [0.29, 0.717) is 5.92 Å². The Kier molecular flexibility index (Phi) is 3.48. The lowest BCUT2D eigenvalue weighted by molar-refractivity contribution is 0.863. The monoisotopic (exact) mass is 214 g/mol. The zero-order valence-electron chi connectivity index (χ0n) is 10.5. The van der Waals surface area contributed by atoms with Crippen molar-refractivity contribution in [1.82, 2.24) is 0 Å². The Hall–Kier alpha value is -1.04. The molecule has 1 unspecified atom stereocenters. The summed E-state index contributed by atoms with van der Waals surface area (Å²) in [6.07, 6.45) is 7.31. The molecular weight excluding hydrogens is 192 g/mol. The van der Waals surface area contributed by atoms with Crippen molar-refractivity contribution in [3.8, 4) is 0 Å². The summed E-state index contributed by atoms with van der Waals surface area (Å²) in [5.41, 5.74) is 4.75. The van der Waals surface area contributed by atoms with E-state index in [2.05, 4.69) is 44.7 Å². The third-order valence-corrected chi connectivity index (χ3v) is 3.58. The van der Waals surface area contributed by atoms with Gasteiger partial charge < -0.3 is 0 Å². The summed E-state index contributed by atoms with van der Waals surface area (Å²) in [7, 11) is 0. The molecule has 0 nitrogen and oxygen atoms in total. The normalized spacial score (nSPS) is 17.1. The van der Waals surface area contributed by atoms with E-state index in [1.54, 1.807) is 11.1 Å². The standard InChI is InChI=1S/C16H22/c1-4-7-13-8-6-9-15(12(3)5-2)16(13)14-10-11-14/h5-6,8-9,12,14H,2,4,7,10-11H2,1,3H3. The van der Waals surface area contributed by atoms with E-state index in [1.807, 2.05) is 0 Å². The van der Waals surface area contributed by atoms with E-state index in [0.717, 1.165) is 5.92 Å². The molecule has 1 saturated carbocycles. The third kappa shape index (κ3) is 2.21. The molecule has 16 heavy (non-hydrogen) atoms. The van der Waals surface area contributed by atoms with E-state index in [4.69, 9.17) is 0 Å². The maximum absolute atomic E-state index is 3.93. The lowest BCUT2D eigenvalue weighted by atomic mass is 9.88. The number of allylic oxidation sites excluding steroid dienone is 1. The lowest BCUT2D eigenvalue weighted by Crippen LogP contribution is -2.01. The molecule has 1 aromatic rings. The Labute approximate surface area is 99.4 Å². The first kappa shape index (κ1) is 11.4. The minimum absolute atomic E-state index is 0.493. The van der Waals surface area contributed by atoms with Crippen LogP contribution in [0.4, 0.5) is 0 Å². The molecule has 0 saturated heterocycles. The number of benzene rings is 1. The first-order chi connectivity index (χ1) is 7.77. The van der Waals surface area contributed by atoms with Gasteiger partial charge in [-0.1, -0.05) is 44.5 Å². The number of hydrogen-bond acceptors (Lipinski definition) is 0. The topological polar surface area (TPSA) is 0 Å². The number of aryl methyl sites for hydroxylation is 1. The Morgan fingerprint density at radius 3 is 2.75 bits per heavy atom. The van der Waals surface area contributed by atoms with Gasteiger partial charge in [0.15, 0.2) is 0 Å². The fourth-order valence-electron chi connectivity index (χ4n) is 2.51. The highest BCUT2D eigenvalue weighted by molar-refractivity contribution is 5.43. The summed E-state index contributed by atoms with van der Waals surface area (Å²) in [5, 5.41) is 0. The zero-order valence-corrected chi connectivity index (χ0v) is 10.5. The van der Waals surface area contributed by atoms with Crippen molar-refractivity contribution in [2.75, 3.05) is 0 Å². The lowest BCUT2D eigenvalue weighted by Gasteiger charge is -2.17. The van der Waals surface area contributed by atoms with Gasteiger partial charge in [0, 0.05) is 0 Å². The maximum Gasteiger partial charge on any atom is -0.00102 e. The average Bonchev–Trinajstić information content (AvgIpc) is 3.12. The van der Waals surface area contributed by atoms with Crippen molar-refractivity contribution in [2.24, 2.45) is 0 Å². The first-order valence-corrected chi connectivity index (χ1v) is 6.52. The molecule has 1 aromatic carbocycles. The van der Waals surface area contributed by atoms with E-state index in [1.165, 1.54) is 31.2 Å². The van der Waals surface area contributed by atoms with Gasteiger partial charge in [0.05, 0.1) is 0 Å². The molecule has 0 heteroatoms. The molecule has 0 heterocycles. The van der Waals surface area contributed by atoms with Gasteiger partial charge in [0.25, 0.3) is 0 Å². The molecule has 86 valence electrons. The van der Waals surface area contributed by atoms with Crippen LogP contribution in [0, 0.1) is 0 Å². The summed E-state index contributed by atoms with van der Waals surface area (Å²) in [4.78, 5) is 0. The van der Waals surface area contributed by atoms with E-state index in [9.17, 15) is 0 Å². The van der Waals surface area contributed by atoms with E-state index >= 15 is 0 Å². The predicted octanol–water partition coefficient (Wildman–Crippen LogP) is 4.81. The molecule has 2 rings (SSSR count). The molecule has 1 fully saturated rings. The van der Waals surface area contributed by atoms with Crippen molar-refractivity contribution in [1.29, 1.82) is 0 Å². The second kappa shape index (κ2) is 4.86. The highest BCUT2D eigenvalue weighted by atomic mass is 14.3. The molecule has 1 aliphatic rings. The minimum atomic E-state index is 0.493. The van der Waals surface area contributed by atoms with Crippen molar-refractivity contribution >= 4 is 0 Å². The molecule has 0 aromatic heterocycles. The highest BCUT2D eigenvalue weighted by Crippen LogP contribution is 2.45. The molecule has 0 amide bonds. The largest absolute Gasteiger partial charge is 0.102 e. The molecule has 0 N–H and O–H groups in total. The fourth-order valence-corrected chi connectivity index (χ4v) is 2.51. The van der Waals surface area contributed by atoms with Gasteiger partial charge in [0.2, 0.25) is 0 Å². The summed E-state index contributed by atoms with van der Waals surface area (Å²) in [6.45, 7) is 8.45. The van der Waals surface area contributed by atoms with Crippen LogP contribution in [0.25, 0.3) is 0 Å². The second-order valence-corrected chi connectivity index (χ2v) is 4.97. The SMILES string of the molecule is C=CC(C)c1cccc(CCC)c1C1CC1. The van der Waals surface area contributed by atoms with Crippen LogP contribution in [0.2, 0.25) is 0 Å². The Morgan fingerprint density at radius 2 is 2.19 bits per heavy atom. The molecular formula is C16H22. The van der Waals surface area contributed by atoms with Crippen molar-refractivity contribution in [2.45, 2.75) is 51.4 Å². The first-order valence-electron chi connectivity index (χ1n) is 6.52. The van der Waals surface area contributed by atoms with Gasteiger partial charge in [-0.15, -0.1) is 6.58 Å². The molecule has 0 aliphatic heterocycles. The molecule has 0 bridgehead atoms. The van der Waals surface area contributed by atoms with Gasteiger partial charge in [-0.25, -0.2) is 0 Å². The van der Waals surface area contributed by atoms with Crippen molar-refractivity contribution < 1.29 is 0 Å². The third-order valence-electron chi connectivity index (χ3n) is 3.58. The fraction of sp³-hybridized carbons (Fsp3) is 0.500. The van der Waals surface area contributed by atoms with Crippen LogP contribution >= 0.6 is 0 Å². The van der Waals surface area contributed by atoms with Crippen LogP contribution in [0.15, 0.2) is 30.9 Å². The number of rotatable bonds is 5. The minimum Gasteiger partial charge on any atom is -0.102 e. The van der Waals surface area contributed by atoms with Crippen LogP contribution in [0.5, 0.6) is 0 Å². The van der Waals surface area contributed by atoms with Crippen LogP contribution in [0.1, 0.15) is 61.6 Å². The summed E-state index contributed by atoms with van der Waals surface area (Å²) in [6, 6.07) is 6.82. The predicted molar refractivity (Wildman–Crippen MR) is 71.0 cm³/mol. The highest BCUT2D eigenvalue weighted by Gasteiger charge is 2.28. The zero-order chi connectivity index (χ0) is 11.5. The summed E-state index contributed by atoms with van der Waals surface area (Å²) in [5.74, 6) is 1.34. The van der Waals surface area contributed by atoms with Crippen LogP contribution in [-0.4, -0.2) is 0 Å². The smallest absolute Gasteiger partial charge is 0.00102 e. The molecule has 1 atom stereocenters.